The van der Waals surface area contributed by atoms with Crippen LogP contribution in [0.1, 0.15) is 25.8 Å². The second-order valence-corrected chi connectivity index (χ2v) is 5.91. The van der Waals surface area contributed by atoms with Crippen molar-refractivity contribution >= 4 is 5.69 Å². The third kappa shape index (κ3) is 2.50. The summed E-state index contributed by atoms with van der Waals surface area (Å²) in [5.41, 5.74) is 1.98. The van der Waals surface area contributed by atoms with E-state index in [2.05, 4.69) is 18.7 Å². The van der Waals surface area contributed by atoms with Gasteiger partial charge >= 0.3 is 0 Å². The number of hydrogen-bond acceptors (Lipinski definition) is 4. The summed E-state index contributed by atoms with van der Waals surface area (Å²) >= 11 is 0. The first-order chi connectivity index (χ1) is 9.05. The first-order valence-electron chi connectivity index (χ1n) is 6.93. The molecule has 1 fully saturated rings. The van der Waals surface area contributed by atoms with Crippen LogP contribution in [0.15, 0.2) is 12.1 Å². The Kier molecular flexibility index (Phi) is 3.05. The van der Waals surface area contributed by atoms with E-state index in [4.69, 9.17) is 9.47 Å². The lowest BCUT2D eigenvalue weighted by molar-refractivity contribution is 0.0837. The summed E-state index contributed by atoms with van der Waals surface area (Å²) < 4.78 is 11.6. The van der Waals surface area contributed by atoms with Crippen LogP contribution in [0, 0.1) is 0 Å². The number of rotatable bonds is 1. The van der Waals surface area contributed by atoms with Crippen LogP contribution in [0.25, 0.3) is 0 Å². The smallest absolute Gasteiger partial charge is 0.146 e. The predicted molar refractivity (Wildman–Crippen MR) is 74.2 cm³/mol. The van der Waals surface area contributed by atoms with Crippen LogP contribution in [0.5, 0.6) is 11.5 Å². The van der Waals surface area contributed by atoms with Gasteiger partial charge in [0.25, 0.3) is 0 Å². The van der Waals surface area contributed by atoms with Crippen molar-refractivity contribution in [3.05, 3.63) is 17.7 Å². The van der Waals surface area contributed by atoms with Crippen molar-refractivity contribution in [2.75, 3.05) is 31.2 Å². The van der Waals surface area contributed by atoms with Crippen molar-refractivity contribution in [3.63, 3.8) is 0 Å². The van der Waals surface area contributed by atoms with Gasteiger partial charge in [0.1, 0.15) is 17.1 Å². The summed E-state index contributed by atoms with van der Waals surface area (Å²) in [7, 11) is 0. The Bertz CT molecular complexity index is 479. The summed E-state index contributed by atoms with van der Waals surface area (Å²) in [6, 6.07) is 3.64. The van der Waals surface area contributed by atoms with E-state index in [1.165, 1.54) is 0 Å². The van der Waals surface area contributed by atoms with Crippen molar-refractivity contribution in [2.45, 2.75) is 32.3 Å². The minimum absolute atomic E-state index is 0.134. The van der Waals surface area contributed by atoms with E-state index in [1.54, 1.807) is 0 Å². The number of morpholine rings is 1. The van der Waals surface area contributed by atoms with Gasteiger partial charge in [0, 0.05) is 24.7 Å². The van der Waals surface area contributed by atoms with Crippen LogP contribution in [0.4, 0.5) is 5.69 Å². The molecule has 0 amide bonds. The number of nitrogens with zero attached hydrogens (tertiary/aromatic N) is 1. The molecule has 1 N–H and O–H groups in total. The molecular weight excluding hydrogens is 242 g/mol. The van der Waals surface area contributed by atoms with E-state index in [0.717, 1.165) is 56.1 Å². The van der Waals surface area contributed by atoms with Crippen molar-refractivity contribution in [2.24, 2.45) is 0 Å². The second kappa shape index (κ2) is 4.60. The highest BCUT2D eigenvalue weighted by molar-refractivity contribution is 5.66. The number of aryl methyl sites for hydroxylation is 1. The van der Waals surface area contributed by atoms with Gasteiger partial charge in [-0.1, -0.05) is 0 Å². The monoisotopic (exact) mass is 263 g/mol. The molecule has 3 rings (SSSR count). The maximum atomic E-state index is 9.92. The van der Waals surface area contributed by atoms with Crippen molar-refractivity contribution in [1.82, 2.24) is 0 Å². The zero-order valence-electron chi connectivity index (χ0n) is 11.6. The van der Waals surface area contributed by atoms with E-state index < -0.39 is 0 Å². The number of phenols is 1. The van der Waals surface area contributed by atoms with Crippen molar-refractivity contribution < 1.29 is 14.6 Å². The molecule has 4 heteroatoms. The second-order valence-electron chi connectivity index (χ2n) is 5.91. The van der Waals surface area contributed by atoms with Gasteiger partial charge < -0.3 is 19.5 Å². The molecule has 19 heavy (non-hydrogen) atoms. The van der Waals surface area contributed by atoms with Gasteiger partial charge in [-0.15, -0.1) is 0 Å². The van der Waals surface area contributed by atoms with Crippen LogP contribution >= 0.6 is 0 Å². The first kappa shape index (κ1) is 12.6. The quantitative estimate of drug-likeness (QED) is 0.844. The molecule has 0 aliphatic carbocycles. The Morgan fingerprint density at radius 1 is 1.21 bits per heavy atom. The molecule has 1 aromatic carbocycles. The van der Waals surface area contributed by atoms with E-state index in [1.807, 2.05) is 12.1 Å². The SMILES string of the molecule is CC1(C)CCc2cc(O)cc(N3CCOCC3)c2O1. The van der Waals surface area contributed by atoms with Gasteiger partial charge in [-0.05, 0) is 32.8 Å². The minimum Gasteiger partial charge on any atom is -0.508 e. The number of benzene rings is 1. The first-order valence-corrected chi connectivity index (χ1v) is 6.93. The zero-order chi connectivity index (χ0) is 13.5. The van der Waals surface area contributed by atoms with Gasteiger partial charge in [-0.2, -0.15) is 0 Å². The van der Waals surface area contributed by atoms with E-state index in [0.29, 0.717) is 5.75 Å². The molecule has 0 bridgehead atoms. The average molecular weight is 263 g/mol. The van der Waals surface area contributed by atoms with Gasteiger partial charge in [0.15, 0.2) is 0 Å². The molecule has 104 valence electrons. The maximum absolute atomic E-state index is 9.92. The summed E-state index contributed by atoms with van der Waals surface area (Å²) in [6.07, 6.45) is 1.93. The number of phenolic OH excluding ortho intramolecular Hbond substituents is 1. The van der Waals surface area contributed by atoms with Gasteiger partial charge in [-0.25, -0.2) is 0 Å². The number of ether oxygens (including phenoxy) is 2. The predicted octanol–water partition coefficient (Wildman–Crippen LogP) is 2.33. The summed E-state index contributed by atoms with van der Waals surface area (Å²) in [5.74, 6) is 1.26. The molecule has 0 spiro atoms. The Labute approximate surface area is 113 Å². The Balaban J connectivity index is 2.00. The number of anilines is 1. The molecule has 1 aromatic rings. The highest BCUT2D eigenvalue weighted by Gasteiger charge is 2.30. The average Bonchev–Trinajstić information content (AvgIpc) is 2.39. The fraction of sp³-hybridized carbons (Fsp3) is 0.600. The molecule has 2 aliphatic heterocycles. The Morgan fingerprint density at radius 3 is 2.68 bits per heavy atom. The van der Waals surface area contributed by atoms with E-state index in [-0.39, 0.29) is 5.60 Å². The molecule has 0 aromatic heterocycles. The molecule has 2 heterocycles. The van der Waals surface area contributed by atoms with E-state index >= 15 is 0 Å². The minimum atomic E-state index is -0.134. The molecule has 0 saturated carbocycles. The van der Waals surface area contributed by atoms with Crippen molar-refractivity contribution in [3.8, 4) is 11.5 Å². The van der Waals surface area contributed by atoms with Crippen LogP contribution in [-0.2, 0) is 11.2 Å². The topological polar surface area (TPSA) is 41.9 Å². The third-order valence-corrected chi connectivity index (χ3v) is 3.86. The van der Waals surface area contributed by atoms with Crippen LogP contribution in [-0.4, -0.2) is 37.0 Å². The zero-order valence-corrected chi connectivity index (χ0v) is 11.6. The highest BCUT2D eigenvalue weighted by Crippen LogP contribution is 2.43. The Morgan fingerprint density at radius 2 is 1.95 bits per heavy atom. The Hall–Kier alpha value is -1.42. The van der Waals surface area contributed by atoms with Crippen LogP contribution in [0.3, 0.4) is 0 Å². The van der Waals surface area contributed by atoms with Gasteiger partial charge in [0.2, 0.25) is 0 Å². The number of hydrogen-bond donors (Lipinski definition) is 1. The molecule has 0 radical (unpaired) electrons. The number of aromatic hydroxyl groups is 1. The molecule has 0 atom stereocenters. The lowest BCUT2D eigenvalue weighted by atomic mass is 9.93. The largest absolute Gasteiger partial charge is 0.508 e. The maximum Gasteiger partial charge on any atom is 0.146 e. The summed E-state index contributed by atoms with van der Waals surface area (Å²) in [5, 5.41) is 9.92. The molecular formula is C15H21NO3. The third-order valence-electron chi connectivity index (χ3n) is 3.86. The van der Waals surface area contributed by atoms with Crippen LogP contribution in [0.2, 0.25) is 0 Å². The standard InChI is InChI=1S/C15H21NO3/c1-15(2)4-3-11-9-12(17)10-13(14(11)19-15)16-5-7-18-8-6-16/h9-10,17H,3-8H2,1-2H3. The molecule has 2 aliphatic rings. The molecule has 4 nitrogen and oxygen atoms in total. The summed E-state index contributed by atoms with van der Waals surface area (Å²) in [6.45, 7) is 7.39. The van der Waals surface area contributed by atoms with Crippen molar-refractivity contribution in [1.29, 1.82) is 0 Å². The lowest BCUT2D eigenvalue weighted by Gasteiger charge is -2.37. The number of fused-ring (bicyclic) bond motifs is 1. The fourth-order valence-corrected chi connectivity index (χ4v) is 2.76. The molecule has 1 saturated heterocycles. The van der Waals surface area contributed by atoms with Gasteiger partial charge in [-0.3, -0.25) is 0 Å². The lowest BCUT2D eigenvalue weighted by Crippen LogP contribution is -2.38. The molecule has 0 unspecified atom stereocenters. The fourth-order valence-electron chi connectivity index (χ4n) is 2.76. The highest BCUT2D eigenvalue weighted by atomic mass is 16.5. The van der Waals surface area contributed by atoms with Crippen LogP contribution < -0.4 is 9.64 Å². The van der Waals surface area contributed by atoms with Gasteiger partial charge in [0.05, 0.1) is 18.9 Å². The van der Waals surface area contributed by atoms with E-state index in [9.17, 15) is 5.11 Å². The normalized spacial score (nSPS) is 21.7. The summed E-state index contributed by atoms with van der Waals surface area (Å²) in [4.78, 5) is 2.24.